The standard InChI is InChI=1S/C14H13FN2O5S2/c1-7(18)13(20)17-14-11(12(16)19)10(6-23-14)24(21,22)9-4-2-8(15)3-5-9/h2-7,18H,1H3,(H2,16,19)(H,17,20)/t7-/m1/s1. The molecule has 2 rings (SSSR count). The van der Waals surface area contributed by atoms with Crippen LogP contribution in [0.3, 0.4) is 0 Å². The van der Waals surface area contributed by atoms with E-state index in [-0.39, 0.29) is 9.90 Å². The number of halogens is 1. The summed E-state index contributed by atoms with van der Waals surface area (Å²) in [5.41, 5.74) is 4.85. The highest BCUT2D eigenvalue weighted by Gasteiger charge is 2.29. The molecule has 1 atom stereocenters. The first-order valence-corrected chi connectivity index (χ1v) is 8.91. The Morgan fingerprint density at radius 3 is 2.38 bits per heavy atom. The van der Waals surface area contributed by atoms with Crippen molar-refractivity contribution in [2.45, 2.75) is 22.8 Å². The molecule has 0 aliphatic rings. The lowest BCUT2D eigenvalue weighted by Gasteiger charge is -2.08. The number of nitrogens with two attached hydrogens (primary N) is 1. The number of anilines is 1. The molecule has 0 spiro atoms. The Balaban J connectivity index is 2.54. The molecule has 2 amide bonds. The van der Waals surface area contributed by atoms with Crippen LogP contribution in [-0.4, -0.2) is 31.4 Å². The molecule has 0 saturated carbocycles. The average Bonchev–Trinajstić information content (AvgIpc) is 2.92. The molecule has 0 aliphatic heterocycles. The summed E-state index contributed by atoms with van der Waals surface area (Å²) in [6, 6.07) is 4.06. The number of sulfone groups is 1. The Hall–Kier alpha value is -2.30. The van der Waals surface area contributed by atoms with E-state index in [1.165, 1.54) is 6.92 Å². The normalized spacial score (nSPS) is 12.6. The van der Waals surface area contributed by atoms with E-state index in [9.17, 15) is 27.5 Å². The van der Waals surface area contributed by atoms with E-state index in [1.54, 1.807) is 0 Å². The lowest BCUT2D eigenvalue weighted by Crippen LogP contribution is -2.26. The van der Waals surface area contributed by atoms with Gasteiger partial charge in [-0.05, 0) is 31.2 Å². The van der Waals surface area contributed by atoms with Crippen LogP contribution in [-0.2, 0) is 14.6 Å². The fourth-order valence-electron chi connectivity index (χ4n) is 1.82. The van der Waals surface area contributed by atoms with Crippen molar-refractivity contribution in [2.75, 3.05) is 5.32 Å². The first kappa shape index (κ1) is 18.0. The monoisotopic (exact) mass is 372 g/mol. The molecule has 2 aromatic rings. The van der Waals surface area contributed by atoms with Crippen molar-refractivity contribution in [2.24, 2.45) is 5.73 Å². The van der Waals surface area contributed by atoms with Gasteiger partial charge in [0, 0.05) is 5.38 Å². The summed E-state index contributed by atoms with van der Waals surface area (Å²) in [4.78, 5) is 22.6. The van der Waals surface area contributed by atoms with Gasteiger partial charge in [-0.1, -0.05) is 0 Å². The molecule has 4 N–H and O–H groups in total. The van der Waals surface area contributed by atoms with Crippen LogP contribution < -0.4 is 11.1 Å². The number of nitrogens with one attached hydrogen (secondary N) is 1. The lowest BCUT2D eigenvalue weighted by atomic mass is 10.3. The van der Waals surface area contributed by atoms with Crippen LogP contribution >= 0.6 is 11.3 Å². The van der Waals surface area contributed by atoms with Gasteiger partial charge in [0.25, 0.3) is 11.8 Å². The fourth-order valence-corrected chi connectivity index (χ4v) is 4.59. The van der Waals surface area contributed by atoms with Gasteiger partial charge >= 0.3 is 0 Å². The Bertz CT molecular complexity index is 888. The van der Waals surface area contributed by atoms with Crippen molar-refractivity contribution < 1.29 is 27.5 Å². The topological polar surface area (TPSA) is 127 Å². The summed E-state index contributed by atoms with van der Waals surface area (Å²) < 4.78 is 38.2. The molecule has 0 saturated heterocycles. The molecule has 128 valence electrons. The molecule has 0 unspecified atom stereocenters. The van der Waals surface area contributed by atoms with E-state index in [0.29, 0.717) is 0 Å². The van der Waals surface area contributed by atoms with Crippen LogP contribution in [0.15, 0.2) is 39.4 Å². The number of rotatable bonds is 5. The largest absolute Gasteiger partial charge is 0.384 e. The Labute approximate surface area is 140 Å². The van der Waals surface area contributed by atoms with Gasteiger partial charge in [0.05, 0.1) is 15.4 Å². The van der Waals surface area contributed by atoms with Gasteiger partial charge in [0.2, 0.25) is 9.84 Å². The number of thiophene rings is 1. The number of hydrogen-bond donors (Lipinski definition) is 3. The van der Waals surface area contributed by atoms with Crippen LogP contribution in [0, 0.1) is 5.82 Å². The van der Waals surface area contributed by atoms with Crippen LogP contribution in [0.5, 0.6) is 0 Å². The van der Waals surface area contributed by atoms with Crippen molar-refractivity contribution in [1.29, 1.82) is 0 Å². The van der Waals surface area contributed by atoms with Gasteiger partial charge < -0.3 is 16.2 Å². The molecule has 0 radical (unpaired) electrons. The van der Waals surface area contributed by atoms with E-state index in [2.05, 4.69) is 5.32 Å². The Morgan fingerprint density at radius 2 is 1.88 bits per heavy atom. The Kier molecular flexibility index (Phi) is 5.02. The maximum absolute atomic E-state index is 13.0. The van der Waals surface area contributed by atoms with Crippen LogP contribution in [0.1, 0.15) is 17.3 Å². The fraction of sp³-hybridized carbons (Fsp3) is 0.143. The van der Waals surface area contributed by atoms with E-state index in [4.69, 9.17) is 5.73 Å². The van der Waals surface area contributed by atoms with Crippen molar-refractivity contribution in [1.82, 2.24) is 0 Å². The number of amides is 2. The van der Waals surface area contributed by atoms with Crippen molar-refractivity contribution in [3.63, 3.8) is 0 Å². The van der Waals surface area contributed by atoms with Gasteiger partial charge in [-0.2, -0.15) is 0 Å². The predicted molar refractivity (Wildman–Crippen MR) is 85.0 cm³/mol. The molecule has 1 aromatic heterocycles. The number of primary amides is 1. The quantitative estimate of drug-likeness (QED) is 0.678. The average molecular weight is 372 g/mol. The maximum Gasteiger partial charge on any atom is 0.253 e. The van der Waals surface area contributed by atoms with Gasteiger partial charge in [0.15, 0.2) is 0 Å². The number of carbonyl (C=O) groups is 2. The van der Waals surface area contributed by atoms with Gasteiger partial charge in [-0.25, -0.2) is 12.8 Å². The molecule has 1 aromatic carbocycles. The zero-order valence-electron chi connectivity index (χ0n) is 12.3. The van der Waals surface area contributed by atoms with Crippen LogP contribution in [0.25, 0.3) is 0 Å². The smallest absolute Gasteiger partial charge is 0.253 e. The highest BCUT2D eigenvalue weighted by atomic mass is 32.2. The van der Waals surface area contributed by atoms with E-state index in [1.807, 2.05) is 0 Å². The van der Waals surface area contributed by atoms with Crippen molar-refractivity contribution >= 4 is 38.0 Å². The van der Waals surface area contributed by atoms with E-state index >= 15 is 0 Å². The van der Waals surface area contributed by atoms with Gasteiger partial charge in [0.1, 0.15) is 16.9 Å². The molecular formula is C14H13FN2O5S2. The third-order valence-electron chi connectivity index (χ3n) is 3.03. The summed E-state index contributed by atoms with van der Waals surface area (Å²) in [6.45, 7) is 1.21. The number of hydrogen-bond acceptors (Lipinski definition) is 6. The van der Waals surface area contributed by atoms with E-state index in [0.717, 1.165) is 41.0 Å². The zero-order valence-corrected chi connectivity index (χ0v) is 13.9. The minimum absolute atomic E-state index is 0.0888. The maximum atomic E-state index is 13.0. The second-order valence-electron chi connectivity index (χ2n) is 4.79. The van der Waals surface area contributed by atoms with Crippen LogP contribution in [0.4, 0.5) is 9.39 Å². The molecule has 0 aliphatic carbocycles. The SMILES string of the molecule is C[C@@H](O)C(=O)Nc1scc(S(=O)(=O)c2ccc(F)cc2)c1C(N)=O. The minimum Gasteiger partial charge on any atom is -0.384 e. The predicted octanol–water partition coefficient (Wildman–Crippen LogP) is 1.14. The summed E-state index contributed by atoms with van der Waals surface area (Å²) in [6.07, 6.45) is -1.36. The van der Waals surface area contributed by atoms with Gasteiger partial charge in [-0.3, -0.25) is 9.59 Å². The number of carbonyl (C=O) groups excluding carboxylic acids is 2. The van der Waals surface area contributed by atoms with Crippen LogP contribution in [0.2, 0.25) is 0 Å². The molecular weight excluding hydrogens is 359 g/mol. The third kappa shape index (κ3) is 3.45. The highest BCUT2D eigenvalue weighted by molar-refractivity contribution is 7.91. The summed E-state index contributed by atoms with van der Waals surface area (Å²) >= 11 is 0.778. The molecule has 24 heavy (non-hydrogen) atoms. The molecule has 7 nitrogen and oxygen atoms in total. The number of aliphatic hydroxyl groups excluding tert-OH is 1. The number of benzene rings is 1. The molecule has 0 bridgehead atoms. The minimum atomic E-state index is -4.14. The van der Waals surface area contributed by atoms with Crippen molar-refractivity contribution in [3.8, 4) is 0 Å². The first-order chi connectivity index (χ1) is 11.1. The second-order valence-corrected chi connectivity index (χ2v) is 7.59. The summed E-state index contributed by atoms with van der Waals surface area (Å²) in [7, 11) is -4.14. The van der Waals surface area contributed by atoms with E-state index < -0.39 is 44.0 Å². The molecule has 1 heterocycles. The third-order valence-corrected chi connectivity index (χ3v) is 5.87. The van der Waals surface area contributed by atoms with Gasteiger partial charge in [-0.15, -0.1) is 11.3 Å². The number of aliphatic hydroxyl groups is 1. The summed E-state index contributed by atoms with van der Waals surface area (Å²) in [5.74, 6) is -2.48. The summed E-state index contributed by atoms with van der Waals surface area (Å²) in [5, 5.41) is 12.5. The first-order valence-electron chi connectivity index (χ1n) is 6.55. The molecule has 0 fully saturated rings. The zero-order chi connectivity index (χ0) is 18.1. The Morgan fingerprint density at radius 1 is 1.29 bits per heavy atom. The lowest BCUT2D eigenvalue weighted by molar-refractivity contribution is -0.123. The second kappa shape index (κ2) is 6.67. The molecule has 10 heteroatoms. The highest BCUT2D eigenvalue weighted by Crippen LogP contribution is 2.34. The van der Waals surface area contributed by atoms with Crippen molar-refractivity contribution in [3.05, 3.63) is 41.0 Å².